The third-order valence-corrected chi connectivity index (χ3v) is 4.28. The quantitative estimate of drug-likeness (QED) is 0.430. The molecular formula is C17H37N. The minimum absolute atomic E-state index is 0.720. The summed E-state index contributed by atoms with van der Waals surface area (Å²) >= 11 is 0. The predicted molar refractivity (Wildman–Crippen MR) is 83.8 cm³/mol. The van der Waals surface area contributed by atoms with Crippen LogP contribution in [-0.4, -0.2) is 6.54 Å². The van der Waals surface area contributed by atoms with Crippen LogP contribution in [0.5, 0.6) is 0 Å². The maximum Gasteiger partial charge on any atom is -0.00489 e. The summed E-state index contributed by atoms with van der Waals surface area (Å²) in [4.78, 5) is 0. The van der Waals surface area contributed by atoms with Crippen LogP contribution in [0.4, 0.5) is 0 Å². The predicted octanol–water partition coefficient (Wildman–Crippen LogP) is 5.53. The first-order valence-corrected chi connectivity index (χ1v) is 8.46. The van der Waals surface area contributed by atoms with Crippen LogP contribution in [-0.2, 0) is 0 Å². The van der Waals surface area contributed by atoms with Crippen LogP contribution in [0, 0.1) is 11.8 Å². The van der Waals surface area contributed by atoms with Crippen molar-refractivity contribution in [3.05, 3.63) is 0 Å². The Kier molecular flexibility index (Phi) is 13.4. The van der Waals surface area contributed by atoms with E-state index in [0.29, 0.717) is 0 Å². The van der Waals surface area contributed by atoms with Crippen molar-refractivity contribution in [2.45, 2.75) is 91.4 Å². The van der Waals surface area contributed by atoms with Gasteiger partial charge in [-0.05, 0) is 18.4 Å². The first kappa shape index (κ1) is 18.0. The van der Waals surface area contributed by atoms with Gasteiger partial charge in [-0.3, -0.25) is 0 Å². The third kappa shape index (κ3) is 9.94. The lowest BCUT2D eigenvalue weighted by Gasteiger charge is -2.23. The molecule has 18 heavy (non-hydrogen) atoms. The Bertz CT molecular complexity index is 156. The second-order valence-corrected chi connectivity index (χ2v) is 6.03. The molecule has 2 atom stereocenters. The fraction of sp³-hybridized carbons (Fsp3) is 1.00. The van der Waals surface area contributed by atoms with Gasteiger partial charge in [0.2, 0.25) is 0 Å². The number of hydrogen-bond donors (Lipinski definition) is 1. The summed E-state index contributed by atoms with van der Waals surface area (Å²) in [5.74, 6) is 1.60. The molecule has 0 saturated heterocycles. The van der Waals surface area contributed by atoms with Gasteiger partial charge in [0.15, 0.2) is 0 Å². The summed E-state index contributed by atoms with van der Waals surface area (Å²) in [6.45, 7) is 7.78. The number of hydrogen-bond acceptors (Lipinski definition) is 1. The Morgan fingerprint density at radius 2 is 1.17 bits per heavy atom. The molecule has 0 amide bonds. The SMILES string of the molecule is CCCCCCC[C@@H](CCCCCC)C(C)CN. The molecule has 0 aromatic rings. The number of unbranched alkanes of at least 4 members (excludes halogenated alkanes) is 7. The van der Waals surface area contributed by atoms with Crippen molar-refractivity contribution in [3.63, 3.8) is 0 Å². The summed E-state index contributed by atoms with van der Waals surface area (Å²) in [6.07, 6.45) is 15.4. The largest absolute Gasteiger partial charge is 0.330 e. The molecule has 0 aliphatic carbocycles. The van der Waals surface area contributed by atoms with Crippen LogP contribution in [0.1, 0.15) is 91.4 Å². The zero-order valence-electron chi connectivity index (χ0n) is 13.2. The van der Waals surface area contributed by atoms with E-state index in [1.54, 1.807) is 0 Å². The molecule has 1 unspecified atom stereocenters. The fourth-order valence-electron chi connectivity index (χ4n) is 2.75. The van der Waals surface area contributed by atoms with Gasteiger partial charge < -0.3 is 5.73 Å². The molecule has 110 valence electrons. The zero-order chi connectivity index (χ0) is 13.6. The van der Waals surface area contributed by atoms with Crippen LogP contribution in [0.25, 0.3) is 0 Å². The molecule has 1 heteroatoms. The van der Waals surface area contributed by atoms with E-state index in [1.165, 1.54) is 70.6 Å². The van der Waals surface area contributed by atoms with Crippen LogP contribution >= 0.6 is 0 Å². The lowest BCUT2D eigenvalue weighted by molar-refractivity contribution is 0.300. The molecule has 0 fully saturated rings. The maximum atomic E-state index is 5.86. The molecule has 0 radical (unpaired) electrons. The lowest BCUT2D eigenvalue weighted by atomic mass is 9.84. The highest BCUT2D eigenvalue weighted by atomic mass is 14.5. The van der Waals surface area contributed by atoms with Crippen molar-refractivity contribution in [1.82, 2.24) is 0 Å². The minimum Gasteiger partial charge on any atom is -0.330 e. The molecule has 0 bridgehead atoms. The Balaban J connectivity index is 3.70. The van der Waals surface area contributed by atoms with E-state index < -0.39 is 0 Å². The second-order valence-electron chi connectivity index (χ2n) is 6.03. The van der Waals surface area contributed by atoms with Crippen LogP contribution in [0.2, 0.25) is 0 Å². The number of nitrogens with two attached hydrogens (primary N) is 1. The van der Waals surface area contributed by atoms with E-state index in [-0.39, 0.29) is 0 Å². The van der Waals surface area contributed by atoms with Gasteiger partial charge in [-0.1, -0.05) is 91.4 Å². The Labute approximate surface area is 116 Å². The summed E-state index contributed by atoms with van der Waals surface area (Å²) in [6, 6.07) is 0. The minimum atomic E-state index is 0.720. The summed E-state index contributed by atoms with van der Waals surface area (Å²) in [7, 11) is 0. The van der Waals surface area contributed by atoms with Crippen molar-refractivity contribution < 1.29 is 0 Å². The summed E-state index contributed by atoms with van der Waals surface area (Å²) in [5, 5.41) is 0. The van der Waals surface area contributed by atoms with E-state index in [4.69, 9.17) is 5.73 Å². The van der Waals surface area contributed by atoms with Crippen molar-refractivity contribution in [1.29, 1.82) is 0 Å². The average molecular weight is 255 g/mol. The van der Waals surface area contributed by atoms with Crippen molar-refractivity contribution in [3.8, 4) is 0 Å². The fourth-order valence-corrected chi connectivity index (χ4v) is 2.75. The molecule has 1 nitrogen and oxygen atoms in total. The third-order valence-electron chi connectivity index (χ3n) is 4.28. The average Bonchev–Trinajstić information content (AvgIpc) is 2.40. The lowest BCUT2D eigenvalue weighted by Crippen LogP contribution is -2.20. The van der Waals surface area contributed by atoms with Crippen molar-refractivity contribution in [2.24, 2.45) is 17.6 Å². The first-order chi connectivity index (χ1) is 8.76. The van der Waals surface area contributed by atoms with E-state index in [9.17, 15) is 0 Å². The normalized spacial score (nSPS) is 14.7. The van der Waals surface area contributed by atoms with Gasteiger partial charge in [0, 0.05) is 0 Å². The van der Waals surface area contributed by atoms with Crippen molar-refractivity contribution in [2.75, 3.05) is 6.54 Å². The van der Waals surface area contributed by atoms with E-state index in [1.807, 2.05) is 0 Å². The Hall–Kier alpha value is -0.0400. The highest BCUT2D eigenvalue weighted by Gasteiger charge is 2.15. The highest BCUT2D eigenvalue weighted by molar-refractivity contribution is 4.68. The topological polar surface area (TPSA) is 26.0 Å². The molecular weight excluding hydrogens is 218 g/mol. The molecule has 0 spiro atoms. The van der Waals surface area contributed by atoms with E-state index in [0.717, 1.165) is 18.4 Å². The molecule has 0 heterocycles. The Morgan fingerprint density at radius 3 is 1.61 bits per heavy atom. The summed E-state index contributed by atoms with van der Waals surface area (Å²) in [5.41, 5.74) is 5.86. The van der Waals surface area contributed by atoms with Gasteiger partial charge in [0.05, 0.1) is 0 Å². The van der Waals surface area contributed by atoms with Gasteiger partial charge in [-0.15, -0.1) is 0 Å². The monoisotopic (exact) mass is 255 g/mol. The van der Waals surface area contributed by atoms with Crippen LogP contribution < -0.4 is 5.73 Å². The van der Waals surface area contributed by atoms with E-state index in [2.05, 4.69) is 20.8 Å². The van der Waals surface area contributed by atoms with Crippen LogP contribution in [0.15, 0.2) is 0 Å². The molecule has 0 saturated carbocycles. The smallest absolute Gasteiger partial charge is 0.00489 e. The van der Waals surface area contributed by atoms with Crippen LogP contribution in [0.3, 0.4) is 0 Å². The van der Waals surface area contributed by atoms with Gasteiger partial charge in [0.1, 0.15) is 0 Å². The molecule has 2 N–H and O–H groups in total. The zero-order valence-corrected chi connectivity index (χ0v) is 13.2. The standard InChI is InChI=1S/C17H37N/c1-4-6-8-10-12-14-17(16(3)15-18)13-11-9-7-5-2/h16-17H,4-15,18H2,1-3H3/t16?,17-/m1/s1. The maximum absolute atomic E-state index is 5.86. The van der Waals surface area contributed by atoms with E-state index >= 15 is 0 Å². The van der Waals surface area contributed by atoms with Gasteiger partial charge in [-0.2, -0.15) is 0 Å². The molecule has 0 rings (SSSR count). The Morgan fingerprint density at radius 1 is 0.722 bits per heavy atom. The van der Waals surface area contributed by atoms with Gasteiger partial charge in [-0.25, -0.2) is 0 Å². The molecule has 0 aromatic carbocycles. The van der Waals surface area contributed by atoms with Gasteiger partial charge >= 0.3 is 0 Å². The molecule has 0 aliphatic heterocycles. The summed E-state index contributed by atoms with van der Waals surface area (Å²) < 4.78 is 0. The molecule has 0 aromatic heterocycles. The van der Waals surface area contributed by atoms with Crippen molar-refractivity contribution >= 4 is 0 Å². The first-order valence-electron chi connectivity index (χ1n) is 8.46. The molecule has 0 aliphatic rings. The van der Waals surface area contributed by atoms with Gasteiger partial charge in [0.25, 0.3) is 0 Å². The second kappa shape index (κ2) is 13.4. The number of rotatable bonds is 13. The highest BCUT2D eigenvalue weighted by Crippen LogP contribution is 2.25.